The molecule has 0 aliphatic rings. The number of nitrogens with zero attached hydrogens (tertiary/aromatic N) is 4. The van der Waals surface area contributed by atoms with Gasteiger partial charge in [-0.25, -0.2) is 0 Å². The molecule has 1 aromatic rings. The smallest absolute Gasteiger partial charge is 0.191 e. The maximum atomic E-state index is 4.67. The minimum absolute atomic E-state index is 0. The highest BCUT2D eigenvalue weighted by atomic mass is 127. The van der Waals surface area contributed by atoms with Gasteiger partial charge >= 0.3 is 0 Å². The number of thioether (sulfide) groups is 1. The van der Waals surface area contributed by atoms with Gasteiger partial charge in [0.2, 0.25) is 0 Å². The van der Waals surface area contributed by atoms with Gasteiger partial charge in [-0.1, -0.05) is 32.5 Å². The number of aromatic nitrogens is 3. The van der Waals surface area contributed by atoms with Crippen LogP contribution in [0, 0.1) is 5.92 Å². The Hall–Kier alpha value is -0.510. The highest BCUT2D eigenvalue weighted by molar-refractivity contribution is 14.0. The van der Waals surface area contributed by atoms with Crippen LogP contribution >= 0.6 is 35.7 Å². The lowest BCUT2D eigenvalue weighted by atomic mass is 10.2. The maximum absolute atomic E-state index is 4.67. The van der Waals surface area contributed by atoms with Gasteiger partial charge in [-0.15, -0.1) is 34.2 Å². The molecule has 2 N–H and O–H groups in total. The maximum Gasteiger partial charge on any atom is 0.191 e. The monoisotopic (exact) mass is 482 g/mol. The molecule has 0 radical (unpaired) electrons. The number of hydrogen-bond acceptors (Lipinski definition) is 4. The summed E-state index contributed by atoms with van der Waals surface area (Å²) in [5, 5.41) is 16.4. The molecule has 1 unspecified atom stereocenters. The standard InChI is InChI=1S/C17H34N6S.HI/c1-7-14(5)20-16(18-8-2)19-11-9-10-15-21-22-17(24-6)23(15)12-13(3)4;/h13-14H,7-12H2,1-6H3,(H2,18,19,20);1H. The molecule has 0 aromatic carbocycles. The van der Waals surface area contributed by atoms with Crippen molar-refractivity contribution in [1.82, 2.24) is 25.4 Å². The Bertz CT molecular complexity index is 503. The second-order valence-electron chi connectivity index (χ2n) is 6.43. The molecule has 25 heavy (non-hydrogen) atoms. The van der Waals surface area contributed by atoms with E-state index in [1.807, 2.05) is 0 Å². The van der Waals surface area contributed by atoms with Gasteiger partial charge < -0.3 is 15.2 Å². The van der Waals surface area contributed by atoms with E-state index in [1.165, 1.54) is 0 Å². The van der Waals surface area contributed by atoms with E-state index in [0.717, 1.165) is 55.8 Å². The van der Waals surface area contributed by atoms with E-state index < -0.39 is 0 Å². The van der Waals surface area contributed by atoms with E-state index in [2.05, 4.69) is 71.3 Å². The fourth-order valence-corrected chi connectivity index (χ4v) is 2.81. The summed E-state index contributed by atoms with van der Waals surface area (Å²) in [6.07, 6.45) is 5.02. The molecule has 0 fully saturated rings. The van der Waals surface area contributed by atoms with Crippen molar-refractivity contribution >= 4 is 41.7 Å². The lowest BCUT2D eigenvalue weighted by Gasteiger charge is -2.16. The lowest BCUT2D eigenvalue weighted by molar-refractivity contribution is 0.477. The second-order valence-corrected chi connectivity index (χ2v) is 7.20. The molecular weight excluding hydrogens is 447 g/mol. The summed E-state index contributed by atoms with van der Waals surface area (Å²) < 4.78 is 2.25. The number of guanidine groups is 1. The first kappa shape index (κ1) is 24.5. The van der Waals surface area contributed by atoms with Crippen molar-refractivity contribution in [3.63, 3.8) is 0 Å². The third-order valence-corrected chi connectivity index (χ3v) is 4.36. The fourth-order valence-electron chi connectivity index (χ4n) is 2.29. The van der Waals surface area contributed by atoms with E-state index in [0.29, 0.717) is 12.0 Å². The summed E-state index contributed by atoms with van der Waals surface area (Å²) >= 11 is 1.66. The first-order valence-corrected chi connectivity index (χ1v) is 10.2. The first-order chi connectivity index (χ1) is 11.5. The van der Waals surface area contributed by atoms with Crippen LogP contribution in [0.25, 0.3) is 0 Å². The largest absolute Gasteiger partial charge is 0.357 e. The van der Waals surface area contributed by atoms with Crippen LogP contribution in [0.4, 0.5) is 0 Å². The zero-order valence-corrected chi connectivity index (χ0v) is 19.6. The van der Waals surface area contributed by atoms with Crippen molar-refractivity contribution < 1.29 is 0 Å². The Morgan fingerprint density at radius 1 is 1.24 bits per heavy atom. The van der Waals surface area contributed by atoms with Crippen molar-refractivity contribution in [1.29, 1.82) is 0 Å². The van der Waals surface area contributed by atoms with Crippen LogP contribution in [-0.4, -0.2) is 46.1 Å². The van der Waals surface area contributed by atoms with Gasteiger partial charge in [-0.2, -0.15) is 0 Å². The Morgan fingerprint density at radius 3 is 2.52 bits per heavy atom. The van der Waals surface area contributed by atoms with Crippen LogP contribution in [0.2, 0.25) is 0 Å². The van der Waals surface area contributed by atoms with Gasteiger partial charge in [0, 0.05) is 32.1 Å². The van der Waals surface area contributed by atoms with Crippen molar-refractivity contribution in [3.05, 3.63) is 5.82 Å². The molecule has 0 bridgehead atoms. The Kier molecular flexibility index (Phi) is 13.4. The van der Waals surface area contributed by atoms with E-state index in [-0.39, 0.29) is 24.0 Å². The van der Waals surface area contributed by atoms with Gasteiger partial charge in [-0.3, -0.25) is 4.99 Å². The average Bonchev–Trinajstić information content (AvgIpc) is 2.92. The summed E-state index contributed by atoms with van der Waals surface area (Å²) in [6.45, 7) is 13.5. The number of halogens is 1. The molecule has 1 heterocycles. The number of aliphatic imine (C=N–C) groups is 1. The first-order valence-electron chi connectivity index (χ1n) is 9.02. The van der Waals surface area contributed by atoms with Gasteiger partial charge in [0.15, 0.2) is 11.1 Å². The van der Waals surface area contributed by atoms with E-state index >= 15 is 0 Å². The van der Waals surface area contributed by atoms with Gasteiger partial charge in [0.1, 0.15) is 5.82 Å². The predicted molar refractivity (Wildman–Crippen MR) is 119 cm³/mol. The van der Waals surface area contributed by atoms with Crippen molar-refractivity contribution in [2.75, 3.05) is 19.3 Å². The molecule has 0 amide bonds. The predicted octanol–water partition coefficient (Wildman–Crippen LogP) is 3.56. The Morgan fingerprint density at radius 2 is 1.96 bits per heavy atom. The molecule has 1 rings (SSSR count). The van der Waals surface area contributed by atoms with Crippen LogP contribution in [0.1, 0.15) is 53.3 Å². The van der Waals surface area contributed by atoms with Crippen molar-refractivity contribution in [3.8, 4) is 0 Å². The van der Waals surface area contributed by atoms with Crippen LogP contribution in [0.15, 0.2) is 10.1 Å². The van der Waals surface area contributed by atoms with Crippen LogP contribution in [0.3, 0.4) is 0 Å². The third-order valence-electron chi connectivity index (χ3n) is 3.69. The van der Waals surface area contributed by atoms with Crippen LogP contribution in [0.5, 0.6) is 0 Å². The van der Waals surface area contributed by atoms with Gasteiger partial charge in [-0.05, 0) is 38.9 Å². The summed E-state index contributed by atoms with van der Waals surface area (Å²) in [6, 6.07) is 0.432. The number of hydrogen-bond donors (Lipinski definition) is 2. The molecule has 1 atom stereocenters. The molecule has 146 valence electrons. The number of rotatable bonds is 10. The summed E-state index contributed by atoms with van der Waals surface area (Å²) in [7, 11) is 0. The highest BCUT2D eigenvalue weighted by Crippen LogP contribution is 2.16. The molecule has 1 aromatic heterocycles. The summed E-state index contributed by atoms with van der Waals surface area (Å²) in [4.78, 5) is 4.67. The summed E-state index contributed by atoms with van der Waals surface area (Å²) in [5.41, 5.74) is 0. The quantitative estimate of drug-likeness (QED) is 0.176. The second kappa shape index (κ2) is 13.7. The fraction of sp³-hybridized carbons (Fsp3) is 0.824. The van der Waals surface area contributed by atoms with Crippen molar-refractivity contribution in [2.24, 2.45) is 10.9 Å². The average molecular weight is 482 g/mol. The highest BCUT2D eigenvalue weighted by Gasteiger charge is 2.12. The molecular formula is C17H35IN6S. The Balaban J connectivity index is 0.00000576. The van der Waals surface area contributed by atoms with Gasteiger partial charge in [0.25, 0.3) is 0 Å². The number of nitrogens with one attached hydrogen (secondary N) is 2. The molecule has 0 aliphatic heterocycles. The number of aryl methyl sites for hydroxylation is 1. The summed E-state index contributed by atoms with van der Waals surface area (Å²) in [5.74, 6) is 2.56. The molecule has 0 aliphatic carbocycles. The third kappa shape index (κ3) is 9.12. The normalized spacial score (nSPS) is 12.8. The van der Waals surface area contributed by atoms with E-state index in [1.54, 1.807) is 11.8 Å². The van der Waals surface area contributed by atoms with E-state index in [4.69, 9.17) is 0 Å². The van der Waals surface area contributed by atoms with E-state index in [9.17, 15) is 0 Å². The minimum Gasteiger partial charge on any atom is -0.357 e. The lowest BCUT2D eigenvalue weighted by Crippen LogP contribution is -2.42. The molecule has 0 spiro atoms. The van der Waals surface area contributed by atoms with Crippen molar-refractivity contribution in [2.45, 2.75) is 71.6 Å². The molecule has 6 nitrogen and oxygen atoms in total. The SMILES string of the molecule is CCNC(=NCCCc1nnc(SC)n1CC(C)C)NC(C)CC.I. The topological polar surface area (TPSA) is 67.1 Å². The zero-order chi connectivity index (χ0) is 17.9. The van der Waals surface area contributed by atoms with Crippen LogP contribution < -0.4 is 10.6 Å². The molecule has 0 saturated heterocycles. The molecule has 8 heteroatoms. The minimum atomic E-state index is 0. The van der Waals surface area contributed by atoms with Crippen LogP contribution in [-0.2, 0) is 13.0 Å². The Labute approximate surface area is 174 Å². The zero-order valence-electron chi connectivity index (χ0n) is 16.5. The molecule has 0 saturated carbocycles. The van der Waals surface area contributed by atoms with Gasteiger partial charge in [0.05, 0.1) is 0 Å².